The monoisotopic (exact) mass is 352 g/mol. The maximum absolute atomic E-state index is 12.6. The van der Waals surface area contributed by atoms with Gasteiger partial charge in [-0.2, -0.15) is 13.2 Å². The van der Waals surface area contributed by atoms with Crippen LogP contribution in [-0.2, 0) is 10.9 Å². The number of halogens is 3. The third-order valence-electron chi connectivity index (χ3n) is 3.30. The molecule has 0 aliphatic carbocycles. The van der Waals surface area contributed by atoms with Crippen LogP contribution in [0.2, 0.25) is 0 Å². The number of rotatable bonds is 3. The highest BCUT2D eigenvalue weighted by Gasteiger charge is 2.30. The topological polar surface area (TPSA) is 35.5 Å². The van der Waals surface area contributed by atoms with Gasteiger partial charge < -0.3 is 9.47 Å². The highest BCUT2D eigenvalue weighted by atomic mass is 32.1. The van der Waals surface area contributed by atoms with Gasteiger partial charge in [-0.25, -0.2) is 4.79 Å². The van der Waals surface area contributed by atoms with Crippen molar-refractivity contribution in [1.82, 2.24) is 0 Å². The standard InChI is InChI=1S/C17H11F3O3S/c1-22-16(21)14-9-10-3-2-4-13(15(10)24-14)23-12-7-5-11(6-8-12)17(18,19)20/h2-9H,1H3. The van der Waals surface area contributed by atoms with Crippen molar-refractivity contribution in [3.05, 3.63) is 59.0 Å². The average Bonchev–Trinajstić information content (AvgIpc) is 2.99. The second-order valence-electron chi connectivity index (χ2n) is 4.90. The van der Waals surface area contributed by atoms with E-state index in [0.717, 1.165) is 22.2 Å². The summed E-state index contributed by atoms with van der Waals surface area (Å²) in [7, 11) is 1.30. The normalized spacial score (nSPS) is 11.5. The highest BCUT2D eigenvalue weighted by Crippen LogP contribution is 2.37. The summed E-state index contributed by atoms with van der Waals surface area (Å²) in [5.74, 6) is 0.299. The Morgan fingerprint density at radius 2 is 1.79 bits per heavy atom. The van der Waals surface area contributed by atoms with Gasteiger partial charge in [-0.05, 0) is 41.8 Å². The predicted molar refractivity (Wildman–Crippen MR) is 84.7 cm³/mol. The Balaban J connectivity index is 1.92. The van der Waals surface area contributed by atoms with E-state index in [2.05, 4.69) is 0 Å². The molecule has 7 heteroatoms. The number of ether oxygens (including phenoxy) is 2. The molecule has 0 saturated heterocycles. The van der Waals surface area contributed by atoms with Gasteiger partial charge in [0.2, 0.25) is 0 Å². The maximum atomic E-state index is 12.6. The Labute approximate surface area is 139 Å². The molecule has 3 aromatic rings. The molecule has 0 saturated carbocycles. The van der Waals surface area contributed by atoms with E-state index in [1.807, 2.05) is 6.07 Å². The van der Waals surface area contributed by atoms with Crippen LogP contribution < -0.4 is 4.74 Å². The summed E-state index contributed by atoms with van der Waals surface area (Å²) in [5.41, 5.74) is -0.739. The number of esters is 1. The third-order valence-corrected chi connectivity index (χ3v) is 4.45. The molecule has 2 aromatic carbocycles. The molecule has 1 heterocycles. The molecule has 0 radical (unpaired) electrons. The van der Waals surface area contributed by atoms with E-state index in [4.69, 9.17) is 9.47 Å². The third kappa shape index (κ3) is 3.21. The van der Waals surface area contributed by atoms with Crippen LogP contribution in [-0.4, -0.2) is 13.1 Å². The molecular weight excluding hydrogens is 341 g/mol. The van der Waals surface area contributed by atoms with Crippen molar-refractivity contribution in [2.75, 3.05) is 7.11 Å². The van der Waals surface area contributed by atoms with Gasteiger partial charge in [0, 0.05) is 0 Å². The Bertz CT molecular complexity index is 882. The molecule has 24 heavy (non-hydrogen) atoms. The number of alkyl halides is 3. The van der Waals surface area contributed by atoms with E-state index in [1.165, 1.54) is 30.6 Å². The van der Waals surface area contributed by atoms with Crippen LogP contribution in [0.3, 0.4) is 0 Å². The number of methoxy groups -OCH3 is 1. The molecule has 0 amide bonds. The molecule has 3 nitrogen and oxygen atoms in total. The molecule has 0 aliphatic heterocycles. The quantitative estimate of drug-likeness (QED) is 0.584. The Morgan fingerprint density at radius 1 is 1.08 bits per heavy atom. The van der Waals surface area contributed by atoms with Crippen molar-refractivity contribution in [2.45, 2.75) is 6.18 Å². The SMILES string of the molecule is COC(=O)c1cc2cccc(Oc3ccc(C(F)(F)F)cc3)c2s1. The fourth-order valence-electron chi connectivity index (χ4n) is 2.16. The van der Waals surface area contributed by atoms with Gasteiger partial charge in [-0.3, -0.25) is 0 Å². The van der Waals surface area contributed by atoms with Crippen molar-refractivity contribution in [2.24, 2.45) is 0 Å². The zero-order valence-electron chi connectivity index (χ0n) is 12.4. The van der Waals surface area contributed by atoms with Gasteiger partial charge in [0.1, 0.15) is 16.4 Å². The van der Waals surface area contributed by atoms with E-state index in [9.17, 15) is 18.0 Å². The van der Waals surface area contributed by atoms with Gasteiger partial charge >= 0.3 is 12.1 Å². The molecule has 0 unspecified atom stereocenters. The molecule has 0 spiro atoms. The van der Waals surface area contributed by atoms with E-state index < -0.39 is 17.7 Å². The minimum Gasteiger partial charge on any atom is -0.465 e. The van der Waals surface area contributed by atoms with Crippen LogP contribution in [0.5, 0.6) is 11.5 Å². The van der Waals surface area contributed by atoms with Crippen LogP contribution >= 0.6 is 11.3 Å². The summed E-state index contributed by atoms with van der Waals surface area (Å²) in [6, 6.07) is 11.4. The molecule has 0 bridgehead atoms. The van der Waals surface area contributed by atoms with Crippen molar-refractivity contribution in [3.63, 3.8) is 0 Å². The fraction of sp³-hybridized carbons (Fsp3) is 0.118. The first-order valence-electron chi connectivity index (χ1n) is 6.84. The minimum atomic E-state index is -4.39. The summed E-state index contributed by atoms with van der Waals surface area (Å²) >= 11 is 1.20. The smallest absolute Gasteiger partial charge is 0.416 e. The molecule has 1 aromatic heterocycles. The van der Waals surface area contributed by atoms with Gasteiger partial charge in [0.25, 0.3) is 0 Å². The Hall–Kier alpha value is -2.54. The summed E-state index contributed by atoms with van der Waals surface area (Å²) < 4.78 is 48.8. The molecule has 0 atom stereocenters. The lowest BCUT2D eigenvalue weighted by molar-refractivity contribution is -0.137. The molecule has 124 valence electrons. The number of hydrogen-bond donors (Lipinski definition) is 0. The van der Waals surface area contributed by atoms with Crippen LogP contribution in [0.1, 0.15) is 15.2 Å². The van der Waals surface area contributed by atoms with Crippen molar-refractivity contribution >= 4 is 27.4 Å². The average molecular weight is 352 g/mol. The number of carbonyl (C=O) groups is 1. The van der Waals surface area contributed by atoms with Crippen molar-refractivity contribution in [1.29, 1.82) is 0 Å². The zero-order chi connectivity index (χ0) is 17.3. The van der Waals surface area contributed by atoms with E-state index >= 15 is 0 Å². The van der Waals surface area contributed by atoms with Crippen molar-refractivity contribution < 1.29 is 27.4 Å². The van der Waals surface area contributed by atoms with Crippen LogP contribution in [0.15, 0.2) is 48.5 Å². The number of hydrogen-bond acceptors (Lipinski definition) is 4. The second kappa shape index (κ2) is 6.16. The first-order chi connectivity index (χ1) is 11.4. The van der Waals surface area contributed by atoms with Gasteiger partial charge in [-0.15, -0.1) is 11.3 Å². The second-order valence-corrected chi connectivity index (χ2v) is 5.95. The predicted octanol–water partition coefficient (Wildman–Crippen LogP) is 5.50. The molecular formula is C17H11F3O3S. The lowest BCUT2D eigenvalue weighted by Crippen LogP contribution is -2.03. The fourth-order valence-corrected chi connectivity index (χ4v) is 3.18. The van der Waals surface area contributed by atoms with Gasteiger partial charge in [0.05, 0.1) is 17.4 Å². The number of benzene rings is 2. The summed E-state index contributed by atoms with van der Waals surface area (Å²) in [6.45, 7) is 0. The van der Waals surface area contributed by atoms with Crippen LogP contribution in [0, 0.1) is 0 Å². The molecule has 0 fully saturated rings. The summed E-state index contributed by atoms with van der Waals surface area (Å²) in [5, 5.41) is 0.796. The minimum absolute atomic E-state index is 0.281. The van der Waals surface area contributed by atoms with E-state index in [0.29, 0.717) is 10.6 Å². The molecule has 3 rings (SSSR count). The largest absolute Gasteiger partial charge is 0.465 e. The molecule has 0 N–H and O–H groups in total. The van der Waals surface area contributed by atoms with E-state index in [-0.39, 0.29) is 5.75 Å². The van der Waals surface area contributed by atoms with Crippen LogP contribution in [0.25, 0.3) is 10.1 Å². The van der Waals surface area contributed by atoms with Crippen LogP contribution in [0.4, 0.5) is 13.2 Å². The summed E-state index contributed by atoms with van der Waals surface area (Å²) in [4.78, 5) is 12.1. The first-order valence-corrected chi connectivity index (χ1v) is 7.66. The zero-order valence-corrected chi connectivity index (χ0v) is 13.2. The Morgan fingerprint density at radius 3 is 2.42 bits per heavy atom. The lowest BCUT2D eigenvalue weighted by atomic mass is 10.2. The lowest BCUT2D eigenvalue weighted by Gasteiger charge is -2.09. The highest BCUT2D eigenvalue weighted by molar-refractivity contribution is 7.21. The number of fused-ring (bicyclic) bond motifs is 1. The number of carbonyl (C=O) groups excluding carboxylic acids is 1. The Kier molecular flexibility index (Phi) is 4.19. The van der Waals surface area contributed by atoms with Crippen molar-refractivity contribution in [3.8, 4) is 11.5 Å². The van der Waals surface area contributed by atoms with Gasteiger partial charge in [-0.1, -0.05) is 12.1 Å². The summed E-state index contributed by atoms with van der Waals surface area (Å²) in [6.07, 6.45) is -4.39. The molecule has 0 aliphatic rings. The van der Waals surface area contributed by atoms with Gasteiger partial charge in [0.15, 0.2) is 0 Å². The first kappa shape index (κ1) is 16.3. The number of thiophene rings is 1. The van der Waals surface area contributed by atoms with E-state index in [1.54, 1.807) is 18.2 Å². The maximum Gasteiger partial charge on any atom is 0.416 e.